The molecule has 0 bridgehead atoms. The molecule has 0 unspecified atom stereocenters. The van der Waals surface area contributed by atoms with Gasteiger partial charge < -0.3 is 0 Å². The molecule has 1 aromatic rings. The van der Waals surface area contributed by atoms with Crippen molar-refractivity contribution in [3.8, 4) is 0 Å². The van der Waals surface area contributed by atoms with Crippen molar-refractivity contribution in [1.29, 1.82) is 0 Å². The van der Waals surface area contributed by atoms with Crippen LogP contribution in [0, 0.1) is 13.8 Å². The Kier molecular flexibility index (Phi) is 3.88. The van der Waals surface area contributed by atoms with Crippen LogP contribution in [-0.4, -0.2) is 21.5 Å². The Morgan fingerprint density at radius 2 is 1.92 bits per heavy atom. The molecule has 0 atom stereocenters. The molecule has 0 saturated carbocycles. The largest absolute Gasteiger partial charge is 0.228 e. The fourth-order valence-electron chi connectivity index (χ4n) is 0.895. The van der Waals surface area contributed by atoms with Gasteiger partial charge in [-0.1, -0.05) is 11.8 Å². The summed E-state index contributed by atoms with van der Waals surface area (Å²) < 4.78 is 0. The van der Waals surface area contributed by atoms with E-state index in [2.05, 4.69) is 22.6 Å². The van der Waals surface area contributed by atoms with Gasteiger partial charge in [0.1, 0.15) is 0 Å². The summed E-state index contributed by atoms with van der Waals surface area (Å²) in [6.45, 7) is 3.97. The molecule has 0 aromatic carbocycles. The van der Waals surface area contributed by atoms with Crippen molar-refractivity contribution in [2.24, 2.45) is 0 Å². The zero-order valence-electron chi connectivity index (χ0n) is 7.24. The van der Waals surface area contributed by atoms with Gasteiger partial charge in [-0.2, -0.15) is 12.6 Å². The fraction of sp³-hybridized carbons (Fsp3) is 0.500. The molecule has 0 radical (unpaired) electrons. The predicted octanol–water partition coefficient (Wildman–Crippen LogP) is 2.12. The van der Waals surface area contributed by atoms with Gasteiger partial charge in [-0.15, -0.1) is 0 Å². The van der Waals surface area contributed by atoms with Crippen molar-refractivity contribution >= 4 is 24.4 Å². The maximum Gasteiger partial charge on any atom is 0.188 e. The smallest absolute Gasteiger partial charge is 0.188 e. The third-order valence-corrected chi connectivity index (χ3v) is 2.66. The van der Waals surface area contributed by atoms with Crippen molar-refractivity contribution in [3.63, 3.8) is 0 Å². The highest BCUT2D eigenvalue weighted by Crippen LogP contribution is 2.13. The Bertz CT molecular complexity index is 243. The highest BCUT2D eigenvalue weighted by Gasteiger charge is 1.98. The molecule has 4 heteroatoms. The summed E-state index contributed by atoms with van der Waals surface area (Å²) in [6, 6.07) is 1.98. The number of aromatic nitrogens is 2. The number of nitrogens with zero attached hydrogens (tertiary/aromatic N) is 2. The van der Waals surface area contributed by atoms with Crippen molar-refractivity contribution in [2.75, 3.05) is 11.5 Å². The predicted molar refractivity (Wildman–Crippen MR) is 56.1 cm³/mol. The van der Waals surface area contributed by atoms with Crippen LogP contribution in [0.2, 0.25) is 0 Å². The van der Waals surface area contributed by atoms with Gasteiger partial charge in [-0.05, 0) is 25.7 Å². The molecule has 0 aliphatic carbocycles. The standard InChI is InChI=1S/C8H12N2S2/c1-6-5-7(2)10-8(9-6)12-4-3-11/h5,11H,3-4H2,1-2H3. The van der Waals surface area contributed by atoms with Crippen molar-refractivity contribution in [3.05, 3.63) is 17.5 Å². The summed E-state index contributed by atoms with van der Waals surface area (Å²) in [5, 5.41) is 0.863. The van der Waals surface area contributed by atoms with Gasteiger partial charge in [0, 0.05) is 17.1 Å². The van der Waals surface area contributed by atoms with Gasteiger partial charge in [0.15, 0.2) is 5.16 Å². The zero-order valence-corrected chi connectivity index (χ0v) is 8.95. The summed E-state index contributed by atoms with van der Waals surface area (Å²) >= 11 is 5.78. The summed E-state index contributed by atoms with van der Waals surface area (Å²) in [4.78, 5) is 8.58. The zero-order chi connectivity index (χ0) is 8.97. The molecule has 1 aromatic heterocycles. The lowest BCUT2D eigenvalue weighted by atomic mass is 10.4. The van der Waals surface area contributed by atoms with Crippen LogP contribution in [0.5, 0.6) is 0 Å². The fourth-order valence-corrected chi connectivity index (χ4v) is 1.86. The average Bonchev–Trinajstić information content (AvgIpc) is 1.99. The topological polar surface area (TPSA) is 25.8 Å². The maximum absolute atomic E-state index is 4.29. The molecule has 12 heavy (non-hydrogen) atoms. The molecule has 2 nitrogen and oxygen atoms in total. The molecular weight excluding hydrogens is 188 g/mol. The maximum atomic E-state index is 4.29. The molecule has 0 fully saturated rings. The Balaban J connectivity index is 2.72. The van der Waals surface area contributed by atoms with Crippen LogP contribution in [0.15, 0.2) is 11.2 Å². The van der Waals surface area contributed by atoms with Crippen LogP contribution in [0.4, 0.5) is 0 Å². The number of thiol groups is 1. The lowest BCUT2D eigenvalue weighted by molar-refractivity contribution is 0.903. The first-order valence-electron chi connectivity index (χ1n) is 3.78. The van der Waals surface area contributed by atoms with Crippen LogP contribution in [0.1, 0.15) is 11.4 Å². The van der Waals surface area contributed by atoms with Gasteiger partial charge in [-0.25, -0.2) is 9.97 Å². The molecule has 66 valence electrons. The van der Waals surface area contributed by atoms with E-state index >= 15 is 0 Å². The molecule has 0 aliphatic heterocycles. The Morgan fingerprint density at radius 1 is 1.33 bits per heavy atom. The molecular formula is C8H12N2S2. The van der Waals surface area contributed by atoms with Crippen LogP contribution in [0.3, 0.4) is 0 Å². The molecule has 0 N–H and O–H groups in total. The van der Waals surface area contributed by atoms with E-state index in [1.54, 1.807) is 11.8 Å². The van der Waals surface area contributed by atoms with Gasteiger partial charge in [-0.3, -0.25) is 0 Å². The number of aryl methyl sites for hydroxylation is 2. The second-order valence-electron chi connectivity index (χ2n) is 2.51. The van der Waals surface area contributed by atoms with E-state index in [9.17, 15) is 0 Å². The molecule has 0 amide bonds. The summed E-state index contributed by atoms with van der Waals surface area (Å²) in [5.41, 5.74) is 2.06. The minimum Gasteiger partial charge on any atom is -0.228 e. The van der Waals surface area contributed by atoms with Crippen molar-refractivity contribution in [1.82, 2.24) is 9.97 Å². The minimum atomic E-state index is 0.862. The van der Waals surface area contributed by atoms with Crippen LogP contribution < -0.4 is 0 Å². The molecule has 0 spiro atoms. The van der Waals surface area contributed by atoms with Gasteiger partial charge >= 0.3 is 0 Å². The second kappa shape index (κ2) is 4.72. The first-order valence-corrected chi connectivity index (χ1v) is 5.40. The molecule has 1 rings (SSSR count). The third-order valence-electron chi connectivity index (χ3n) is 1.28. The quantitative estimate of drug-likeness (QED) is 0.460. The van der Waals surface area contributed by atoms with Gasteiger partial charge in [0.25, 0.3) is 0 Å². The lowest BCUT2D eigenvalue weighted by Crippen LogP contribution is -1.93. The van der Waals surface area contributed by atoms with E-state index in [1.807, 2.05) is 19.9 Å². The number of hydrogen-bond donors (Lipinski definition) is 1. The number of hydrogen-bond acceptors (Lipinski definition) is 4. The number of thioether (sulfide) groups is 1. The van der Waals surface area contributed by atoms with Crippen molar-refractivity contribution in [2.45, 2.75) is 19.0 Å². The van der Waals surface area contributed by atoms with E-state index in [1.165, 1.54) is 0 Å². The monoisotopic (exact) mass is 200 g/mol. The Hall–Kier alpha value is -0.220. The minimum absolute atomic E-state index is 0.862. The third kappa shape index (κ3) is 3.03. The average molecular weight is 200 g/mol. The van der Waals surface area contributed by atoms with Gasteiger partial charge in [0.2, 0.25) is 0 Å². The molecule has 0 aliphatic rings. The Labute approximate surface area is 82.6 Å². The summed E-state index contributed by atoms with van der Waals surface area (Å²) in [7, 11) is 0. The van der Waals surface area contributed by atoms with E-state index in [-0.39, 0.29) is 0 Å². The number of rotatable bonds is 3. The Morgan fingerprint density at radius 3 is 2.42 bits per heavy atom. The van der Waals surface area contributed by atoms with Crippen LogP contribution in [-0.2, 0) is 0 Å². The first-order chi connectivity index (χ1) is 5.72. The lowest BCUT2D eigenvalue weighted by Gasteiger charge is -2.00. The highest BCUT2D eigenvalue weighted by atomic mass is 32.2. The van der Waals surface area contributed by atoms with Crippen LogP contribution in [0.25, 0.3) is 0 Å². The molecule has 0 saturated heterocycles. The summed E-state index contributed by atoms with van der Waals surface area (Å²) in [5.74, 6) is 1.83. The summed E-state index contributed by atoms with van der Waals surface area (Å²) in [6.07, 6.45) is 0. The van der Waals surface area contributed by atoms with Gasteiger partial charge in [0.05, 0.1) is 0 Å². The van der Waals surface area contributed by atoms with E-state index in [0.29, 0.717) is 0 Å². The van der Waals surface area contributed by atoms with E-state index in [0.717, 1.165) is 28.0 Å². The van der Waals surface area contributed by atoms with Crippen molar-refractivity contribution < 1.29 is 0 Å². The first kappa shape index (κ1) is 9.86. The molecule has 1 heterocycles. The normalized spacial score (nSPS) is 10.2. The van der Waals surface area contributed by atoms with E-state index in [4.69, 9.17) is 0 Å². The highest BCUT2D eigenvalue weighted by molar-refractivity contribution is 7.99. The second-order valence-corrected chi connectivity index (χ2v) is 4.01. The SMILES string of the molecule is Cc1cc(C)nc(SCCS)n1. The van der Waals surface area contributed by atoms with Crippen LogP contribution >= 0.6 is 24.4 Å². The van der Waals surface area contributed by atoms with E-state index < -0.39 is 0 Å².